The Morgan fingerprint density at radius 3 is 2.92 bits per heavy atom. The lowest BCUT2D eigenvalue weighted by atomic mass is 9.96. The monoisotopic (exact) mass is 327 g/mol. The van der Waals surface area contributed by atoms with E-state index in [0.29, 0.717) is 13.0 Å². The molecule has 0 aliphatic carbocycles. The van der Waals surface area contributed by atoms with Gasteiger partial charge in [-0.25, -0.2) is 0 Å². The van der Waals surface area contributed by atoms with Crippen molar-refractivity contribution in [3.8, 4) is 0 Å². The van der Waals surface area contributed by atoms with Crippen molar-refractivity contribution in [2.75, 3.05) is 18.4 Å². The van der Waals surface area contributed by atoms with E-state index in [2.05, 4.69) is 11.4 Å². The molecule has 1 aromatic heterocycles. The summed E-state index contributed by atoms with van der Waals surface area (Å²) in [5, 5.41) is 4.18. The van der Waals surface area contributed by atoms with E-state index in [0.717, 1.165) is 42.4 Å². The van der Waals surface area contributed by atoms with Crippen LogP contribution in [-0.2, 0) is 16.6 Å². The molecule has 128 valence electrons. The number of rotatable bonds is 4. The maximum atomic E-state index is 12.6. The van der Waals surface area contributed by atoms with Crippen LogP contribution in [0.2, 0.25) is 0 Å². The maximum Gasteiger partial charge on any atom is 0.229 e. The summed E-state index contributed by atoms with van der Waals surface area (Å²) < 4.78 is 2.04. The second-order valence-electron chi connectivity index (χ2n) is 6.62. The lowest BCUT2D eigenvalue weighted by Gasteiger charge is -2.32. The number of fused-ring (bicyclic) bond motifs is 1. The predicted molar refractivity (Wildman–Crippen MR) is 95.8 cm³/mol. The molecule has 1 fully saturated rings. The minimum Gasteiger partial charge on any atom is -0.350 e. The minimum absolute atomic E-state index is 0.0116. The molecule has 0 bridgehead atoms. The predicted octanol–water partition coefficient (Wildman–Crippen LogP) is 3.16. The average molecular weight is 327 g/mol. The summed E-state index contributed by atoms with van der Waals surface area (Å²) in [7, 11) is 1.99. The van der Waals surface area contributed by atoms with E-state index in [-0.39, 0.29) is 17.7 Å². The first-order chi connectivity index (χ1) is 11.6. The van der Waals surface area contributed by atoms with Gasteiger partial charge in [0.05, 0.1) is 5.92 Å². The van der Waals surface area contributed by atoms with Crippen molar-refractivity contribution in [1.82, 2.24) is 9.47 Å². The highest BCUT2D eigenvalue weighted by Crippen LogP contribution is 2.22. The molecule has 3 rings (SSSR count). The third-order valence-corrected chi connectivity index (χ3v) is 4.76. The van der Waals surface area contributed by atoms with Gasteiger partial charge in [0.1, 0.15) is 0 Å². The van der Waals surface area contributed by atoms with Gasteiger partial charge in [0.15, 0.2) is 0 Å². The van der Waals surface area contributed by atoms with Crippen molar-refractivity contribution in [1.29, 1.82) is 0 Å². The molecule has 5 heteroatoms. The fraction of sp³-hybridized carbons (Fsp3) is 0.474. The van der Waals surface area contributed by atoms with Gasteiger partial charge in [-0.2, -0.15) is 0 Å². The quantitative estimate of drug-likeness (QED) is 0.938. The minimum atomic E-state index is -0.122. The fourth-order valence-corrected chi connectivity index (χ4v) is 3.37. The van der Waals surface area contributed by atoms with E-state index >= 15 is 0 Å². The van der Waals surface area contributed by atoms with E-state index in [1.165, 1.54) is 0 Å². The van der Waals surface area contributed by atoms with Crippen LogP contribution < -0.4 is 5.32 Å². The highest BCUT2D eigenvalue weighted by Gasteiger charge is 2.28. The largest absolute Gasteiger partial charge is 0.350 e. The molecule has 1 aromatic carbocycles. The second kappa shape index (κ2) is 7.07. The number of hydrogen-bond donors (Lipinski definition) is 1. The average Bonchev–Trinajstić information content (AvgIpc) is 2.96. The molecule has 24 heavy (non-hydrogen) atoms. The molecule has 1 N–H and O–H groups in total. The Morgan fingerprint density at radius 1 is 1.29 bits per heavy atom. The summed E-state index contributed by atoms with van der Waals surface area (Å²) in [6, 6.07) is 8.00. The van der Waals surface area contributed by atoms with Crippen LogP contribution in [-0.4, -0.2) is 34.4 Å². The molecular weight excluding hydrogens is 302 g/mol. The smallest absolute Gasteiger partial charge is 0.229 e. The number of aryl methyl sites for hydroxylation is 1. The molecule has 1 aliphatic rings. The number of carbonyl (C=O) groups is 2. The zero-order chi connectivity index (χ0) is 17.1. The number of likely N-dealkylation sites (tertiary alicyclic amines) is 1. The summed E-state index contributed by atoms with van der Waals surface area (Å²) in [4.78, 5) is 26.5. The third kappa shape index (κ3) is 3.45. The van der Waals surface area contributed by atoms with Crippen molar-refractivity contribution in [2.45, 2.75) is 32.6 Å². The summed E-state index contributed by atoms with van der Waals surface area (Å²) >= 11 is 0. The van der Waals surface area contributed by atoms with Crippen molar-refractivity contribution in [2.24, 2.45) is 13.0 Å². The second-order valence-corrected chi connectivity index (χ2v) is 6.62. The van der Waals surface area contributed by atoms with Crippen molar-refractivity contribution in [3.05, 3.63) is 30.5 Å². The van der Waals surface area contributed by atoms with Gasteiger partial charge in [0, 0.05) is 44.0 Å². The Morgan fingerprint density at radius 2 is 2.12 bits per heavy atom. The normalized spacial score (nSPS) is 17.9. The zero-order valence-electron chi connectivity index (χ0n) is 14.4. The third-order valence-electron chi connectivity index (χ3n) is 4.76. The van der Waals surface area contributed by atoms with Gasteiger partial charge in [0.2, 0.25) is 11.8 Å². The number of nitrogens with one attached hydrogen (secondary N) is 1. The number of amides is 2. The summed E-state index contributed by atoms with van der Waals surface area (Å²) in [6.45, 7) is 3.32. The standard InChI is InChI=1S/C19H25N3O2/c1-3-5-18(23)22-10-4-6-15(13-22)19(24)20-16-8-7-14-9-11-21(2)17(14)12-16/h7-9,11-12,15H,3-6,10,13H2,1-2H3,(H,20,24). The molecule has 1 aliphatic heterocycles. The first-order valence-electron chi connectivity index (χ1n) is 8.72. The molecule has 2 amide bonds. The van der Waals surface area contributed by atoms with Gasteiger partial charge < -0.3 is 14.8 Å². The molecule has 2 heterocycles. The molecule has 0 saturated carbocycles. The van der Waals surface area contributed by atoms with Crippen molar-refractivity contribution in [3.63, 3.8) is 0 Å². The maximum absolute atomic E-state index is 12.6. The van der Waals surface area contributed by atoms with Crippen LogP contribution >= 0.6 is 0 Å². The zero-order valence-corrected chi connectivity index (χ0v) is 14.4. The van der Waals surface area contributed by atoms with Gasteiger partial charge in [-0.1, -0.05) is 13.0 Å². The number of aromatic nitrogens is 1. The number of hydrogen-bond acceptors (Lipinski definition) is 2. The molecule has 1 atom stereocenters. The van der Waals surface area contributed by atoms with Crippen LogP contribution in [0.4, 0.5) is 5.69 Å². The topological polar surface area (TPSA) is 54.3 Å². The van der Waals surface area contributed by atoms with Crippen LogP contribution in [0.3, 0.4) is 0 Å². The van der Waals surface area contributed by atoms with Crippen LogP contribution in [0.1, 0.15) is 32.6 Å². The number of piperidine rings is 1. The van der Waals surface area contributed by atoms with E-state index in [1.807, 2.05) is 47.8 Å². The van der Waals surface area contributed by atoms with Gasteiger partial charge in [0.25, 0.3) is 0 Å². The first kappa shape index (κ1) is 16.6. The number of anilines is 1. The van der Waals surface area contributed by atoms with E-state index < -0.39 is 0 Å². The number of carbonyl (C=O) groups excluding carboxylic acids is 2. The van der Waals surface area contributed by atoms with E-state index in [1.54, 1.807) is 0 Å². The van der Waals surface area contributed by atoms with Gasteiger partial charge in [-0.15, -0.1) is 0 Å². The van der Waals surface area contributed by atoms with Gasteiger partial charge in [-0.3, -0.25) is 9.59 Å². The highest BCUT2D eigenvalue weighted by molar-refractivity contribution is 5.95. The molecule has 5 nitrogen and oxygen atoms in total. The Bertz CT molecular complexity index is 750. The van der Waals surface area contributed by atoms with Crippen molar-refractivity contribution < 1.29 is 9.59 Å². The van der Waals surface area contributed by atoms with E-state index in [4.69, 9.17) is 0 Å². The van der Waals surface area contributed by atoms with E-state index in [9.17, 15) is 9.59 Å². The van der Waals surface area contributed by atoms with Crippen LogP contribution in [0, 0.1) is 5.92 Å². The SMILES string of the molecule is CCCC(=O)N1CCCC(C(=O)Nc2ccc3ccn(C)c3c2)C1. The summed E-state index contributed by atoms with van der Waals surface area (Å²) in [6.07, 6.45) is 5.16. The summed E-state index contributed by atoms with van der Waals surface area (Å²) in [5.41, 5.74) is 1.91. The highest BCUT2D eigenvalue weighted by atomic mass is 16.2. The molecule has 1 saturated heterocycles. The molecular formula is C19H25N3O2. The fourth-order valence-electron chi connectivity index (χ4n) is 3.37. The Kier molecular flexibility index (Phi) is 4.88. The van der Waals surface area contributed by atoms with Crippen LogP contribution in [0.25, 0.3) is 10.9 Å². The Labute approximate surface area is 142 Å². The van der Waals surface area contributed by atoms with Gasteiger partial charge >= 0.3 is 0 Å². The lowest BCUT2D eigenvalue weighted by molar-refractivity contribution is -0.134. The number of nitrogens with zero attached hydrogens (tertiary/aromatic N) is 2. The molecule has 2 aromatic rings. The Balaban J connectivity index is 1.66. The number of benzene rings is 1. The Hall–Kier alpha value is -2.30. The van der Waals surface area contributed by atoms with Crippen LogP contribution in [0.15, 0.2) is 30.5 Å². The van der Waals surface area contributed by atoms with Crippen molar-refractivity contribution >= 4 is 28.4 Å². The molecule has 0 spiro atoms. The first-order valence-corrected chi connectivity index (χ1v) is 8.72. The molecule has 1 unspecified atom stereocenters. The van der Waals surface area contributed by atoms with Gasteiger partial charge in [-0.05, 0) is 42.8 Å². The van der Waals surface area contributed by atoms with Crippen LogP contribution in [0.5, 0.6) is 0 Å². The molecule has 0 radical (unpaired) electrons. The lowest BCUT2D eigenvalue weighted by Crippen LogP contribution is -2.43. The summed E-state index contributed by atoms with van der Waals surface area (Å²) in [5.74, 6) is 0.0569.